The lowest BCUT2D eigenvalue weighted by molar-refractivity contribution is -0.137. The molecule has 4 nitrogen and oxygen atoms in total. The van der Waals surface area contributed by atoms with Crippen LogP contribution in [0, 0.1) is 5.82 Å². The molecule has 0 aliphatic heterocycles. The molecule has 0 aliphatic rings. The molecule has 1 heterocycles. The maximum absolute atomic E-state index is 12.9. The fraction of sp³-hybridized carbons (Fsp3) is 0.0526. The van der Waals surface area contributed by atoms with Crippen molar-refractivity contribution in [1.29, 1.82) is 0 Å². The van der Waals surface area contributed by atoms with Crippen LogP contribution in [-0.2, 0) is 6.18 Å². The number of aromatic nitrogens is 1. The largest absolute Gasteiger partial charge is 0.416 e. The zero-order chi connectivity index (χ0) is 19.4. The van der Waals surface area contributed by atoms with Crippen molar-refractivity contribution in [3.63, 3.8) is 0 Å². The third-order valence-corrected chi connectivity index (χ3v) is 3.58. The van der Waals surface area contributed by atoms with Gasteiger partial charge in [-0.1, -0.05) is 6.07 Å². The number of amides is 1. The highest BCUT2D eigenvalue weighted by Gasteiger charge is 2.30. The zero-order valence-electron chi connectivity index (χ0n) is 13.7. The highest BCUT2D eigenvalue weighted by atomic mass is 19.4. The van der Waals surface area contributed by atoms with Gasteiger partial charge in [-0.15, -0.1) is 0 Å². The minimum absolute atomic E-state index is 0.105. The minimum atomic E-state index is -4.43. The van der Waals surface area contributed by atoms with E-state index in [2.05, 4.69) is 15.6 Å². The molecule has 27 heavy (non-hydrogen) atoms. The standard InChI is InChI=1S/C19H13F4N3O/c20-13-4-6-14(7-5-13)26-18(27)17-9-8-16(11-24-17)25-15-3-1-2-12(10-15)19(21,22)23/h1-11,25H,(H,26,27). The van der Waals surface area contributed by atoms with Gasteiger partial charge in [0.1, 0.15) is 11.5 Å². The second-order valence-corrected chi connectivity index (χ2v) is 5.60. The lowest BCUT2D eigenvalue weighted by Crippen LogP contribution is -2.13. The predicted octanol–water partition coefficient (Wildman–Crippen LogP) is 5.24. The molecule has 0 fully saturated rings. The summed E-state index contributed by atoms with van der Waals surface area (Å²) in [6.07, 6.45) is -3.10. The summed E-state index contributed by atoms with van der Waals surface area (Å²) in [6.45, 7) is 0. The van der Waals surface area contributed by atoms with Crippen molar-refractivity contribution in [2.24, 2.45) is 0 Å². The molecular formula is C19H13F4N3O. The normalized spacial score (nSPS) is 11.1. The first kappa shape index (κ1) is 18.4. The summed E-state index contributed by atoms with van der Waals surface area (Å²) in [5, 5.41) is 5.37. The van der Waals surface area contributed by atoms with Crippen LogP contribution < -0.4 is 10.6 Å². The second kappa shape index (κ2) is 7.45. The average molecular weight is 375 g/mol. The van der Waals surface area contributed by atoms with E-state index in [1.807, 2.05) is 0 Å². The van der Waals surface area contributed by atoms with Crippen molar-refractivity contribution < 1.29 is 22.4 Å². The van der Waals surface area contributed by atoms with Gasteiger partial charge < -0.3 is 10.6 Å². The number of alkyl halides is 3. The Kier molecular flexibility index (Phi) is 5.07. The molecule has 0 saturated carbocycles. The van der Waals surface area contributed by atoms with Gasteiger partial charge in [-0.3, -0.25) is 4.79 Å². The molecule has 0 bridgehead atoms. The van der Waals surface area contributed by atoms with E-state index in [-0.39, 0.29) is 11.4 Å². The summed E-state index contributed by atoms with van der Waals surface area (Å²) in [4.78, 5) is 16.1. The molecule has 0 radical (unpaired) electrons. The van der Waals surface area contributed by atoms with Crippen LogP contribution in [0.2, 0.25) is 0 Å². The minimum Gasteiger partial charge on any atom is -0.354 e. The first-order valence-electron chi connectivity index (χ1n) is 7.78. The number of carbonyl (C=O) groups is 1. The van der Waals surface area contributed by atoms with Gasteiger partial charge in [0.2, 0.25) is 0 Å². The van der Waals surface area contributed by atoms with Crippen LogP contribution >= 0.6 is 0 Å². The van der Waals surface area contributed by atoms with Crippen LogP contribution in [0.4, 0.5) is 34.6 Å². The Balaban J connectivity index is 1.68. The lowest BCUT2D eigenvalue weighted by atomic mass is 10.2. The van der Waals surface area contributed by atoms with Crippen molar-refractivity contribution in [3.05, 3.63) is 83.9 Å². The molecule has 8 heteroatoms. The van der Waals surface area contributed by atoms with Crippen LogP contribution in [0.1, 0.15) is 16.1 Å². The third kappa shape index (κ3) is 4.81. The van der Waals surface area contributed by atoms with Gasteiger partial charge in [-0.25, -0.2) is 9.37 Å². The molecule has 3 aromatic rings. The molecule has 1 amide bonds. The number of rotatable bonds is 4. The molecule has 2 N–H and O–H groups in total. The van der Waals surface area contributed by atoms with Crippen LogP contribution in [0.25, 0.3) is 0 Å². The van der Waals surface area contributed by atoms with Crippen LogP contribution in [0.15, 0.2) is 66.9 Å². The Morgan fingerprint density at radius 1 is 0.889 bits per heavy atom. The maximum Gasteiger partial charge on any atom is 0.416 e. The van der Waals surface area contributed by atoms with E-state index in [0.717, 1.165) is 12.1 Å². The monoisotopic (exact) mass is 375 g/mol. The SMILES string of the molecule is O=C(Nc1ccc(F)cc1)c1ccc(Nc2cccc(C(F)(F)F)c2)cn1. The Labute approximate surface area is 151 Å². The summed E-state index contributed by atoms with van der Waals surface area (Å²) in [7, 11) is 0. The first-order chi connectivity index (χ1) is 12.8. The Morgan fingerprint density at radius 3 is 2.22 bits per heavy atom. The van der Waals surface area contributed by atoms with Gasteiger partial charge >= 0.3 is 6.18 Å². The number of hydrogen-bond acceptors (Lipinski definition) is 3. The molecule has 0 unspecified atom stereocenters. The molecule has 138 valence electrons. The van der Waals surface area contributed by atoms with Gasteiger partial charge in [0.15, 0.2) is 0 Å². The molecule has 3 rings (SSSR count). The second-order valence-electron chi connectivity index (χ2n) is 5.60. The first-order valence-corrected chi connectivity index (χ1v) is 7.78. The number of pyridine rings is 1. The van der Waals surface area contributed by atoms with E-state index in [1.165, 1.54) is 54.7 Å². The highest BCUT2D eigenvalue weighted by molar-refractivity contribution is 6.02. The molecule has 0 saturated heterocycles. The van der Waals surface area contributed by atoms with Crippen molar-refractivity contribution in [2.45, 2.75) is 6.18 Å². The molecule has 2 aromatic carbocycles. The van der Waals surface area contributed by atoms with E-state index < -0.39 is 23.5 Å². The fourth-order valence-electron chi connectivity index (χ4n) is 2.27. The van der Waals surface area contributed by atoms with E-state index in [9.17, 15) is 22.4 Å². The number of benzene rings is 2. The smallest absolute Gasteiger partial charge is 0.354 e. The Morgan fingerprint density at radius 2 is 1.59 bits per heavy atom. The summed E-state index contributed by atoms with van der Waals surface area (Å²) in [5.41, 5.74) is 0.418. The maximum atomic E-state index is 12.9. The highest BCUT2D eigenvalue weighted by Crippen LogP contribution is 2.31. The van der Waals surface area contributed by atoms with Gasteiger partial charge in [0, 0.05) is 11.4 Å². The third-order valence-electron chi connectivity index (χ3n) is 3.58. The van der Waals surface area contributed by atoms with Gasteiger partial charge in [-0.05, 0) is 54.6 Å². The number of nitrogens with one attached hydrogen (secondary N) is 2. The van der Waals surface area contributed by atoms with E-state index in [4.69, 9.17) is 0 Å². The predicted molar refractivity (Wildman–Crippen MR) is 93.3 cm³/mol. The average Bonchev–Trinajstić information content (AvgIpc) is 2.64. The van der Waals surface area contributed by atoms with Crippen LogP contribution in [-0.4, -0.2) is 10.9 Å². The summed E-state index contributed by atoms with van der Waals surface area (Å²) >= 11 is 0. The van der Waals surface area contributed by atoms with Gasteiger partial charge in [-0.2, -0.15) is 13.2 Å². The van der Waals surface area contributed by atoms with E-state index in [0.29, 0.717) is 11.4 Å². The number of nitrogens with zero attached hydrogens (tertiary/aromatic N) is 1. The van der Waals surface area contributed by atoms with Crippen molar-refractivity contribution in [2.75, 3.05) is 10.6 Å². The molecule has 0 aliphatic carbocycles. The van der Waals surface area contributed by atoms with E-state index in [1.54, 1.807) is 0 Å². The van der Waals surface area contributed by atoms with Crippen LogP contribution in [0.5, 0.6) is 0 Å². The number of carbonyl (C=O) groups excluding carboxylic acids is 1. The van der Waals surface area contributed by atoms with Crippen molar-refractivity contribution in [3.8, 4) is 0 Å². The molecular weight excluding hydrogens is 362 g/mol. The lowest BCUT2D eigenvalue weighted by Gasteiger charge is -2.11. The Bertz CT molecular complexity index is 938. The molecule has 0 atom stereocenters. The van der Waals surface area contributed by atoms with E-state index >= 15 is 0 Å². The topological polar surface area (TPSA) is 54.0 Å². The molecule has 1 aromatic heterocycles. The van der Waals surface area contributed by atoms with Gasteiger partial charge in [0.05, 0.1) is 17.4 Å². The van der Waals surface area contributed by atoms with Crippen molar-refractivity contribution >= 4 is 23.0 Å². The van der Waals surface area contributed by atoms with Crippen molar-refractivity contribution in [1.82, 2.24) is 4.98 Å². The zero-order valence-corrected chi connectivity index (χ0v) is 13.7. The summed E-state index contributed by atoms with van der Waals surface area (Å²) < 4.78 is 51.1. The number of halogens is 4. The van der Waals surface area contributed by atoms with Crippen LogP contribution in [0.3, 0.4) is 0 Å². The number of anilines is 3. The van der Waals surface area contributed by atoms with Gasteiger partial charge in [0.25, 0.3) is 5.91 Å². The Hall–Kier alpha value is -3.42. The number of hydrogen-bond donors (Lipinski definition) is 2. The molecule has 0 spiro atoms. The summed E-state index contributed by atoms with van der Waals surface area (Å²) in [6, 6.07) is 12.9. The fourth-order valence-corrected chi connectivity index (χ4v) is 2.27. The quantitative estimate of drug-likeness (QED) is 0.614. The summed E-state index contributed by atoms with van der Waals surface area (Å²) in [5.74, 6) is -0.914.